The predicted molar refractivity (Wildman–Crippen MR) is 76.4 cm³/mol. The number of phenolic OH excluding ortho intramolecular Hbond substituents is 1. The summed E-state index contributed by atoms with van der Waals surface area (Å²) in [6.07, 6.45) is 0. The first-order chi connectivity index (χ1) is 10.1. The minimum absolute atomic E-state index is 0.130. The maximum absolute atomic E-state index is 12.6. The van der Waals surface area contributed by atoms with E-state index in [2.05, 4.69) is 10.6 Å². The van der Waals surface area contributed by atoms with E-state index in [4.69, 9.17) is 4.74 Å². The predicted octanol–water partition coefficient (Wildman–Crippen LogP) is -0.439. The Hall–Kier alpha value is -2.28. The number of nitrogens with zero attached hydrogens (tertiary/aromatic N) is 1. The standard InChI is InChI=1S/C14H19N3O4/c1-15-13(19)11-8-16-5-6-17(11)14(20)10-7-9(21-2)3-4-12(10)18/h3-4,7,11,16,18H,5-6,8H2,1-2H3,(H,15,19). The van der Waals surface area contributed by atoms with Gasteiger partial charge in [0.2, 0.25) is 5.91 Å². The SMILES string of the molecule is CNC(=O)C1CNCCN1C(=O)c1cc(OC)ccc1O. The van der Waals surface area contributed by atoms with Gasteiger partial charge in [-0.25, -0.2) is 0 Å². The largest absolute Gasteiger partial charge is 0.507 e. The monoisotopic (exact) mass is 293 g/mol. The molecule has 2 amide bonds. The van der Waals surface area contributed by atoms with E-state index in [1.54, 1.807) is 6.07 Å². The number of nitrogens with one attached hydrogen (secondary N) is 2. The molecule has 0 saturated carbocycles. The van der Waals surface area contributed by atoms with Crippen LogP contribution in [0.5, 0.6) is 11.5 Å². The fourth-order valence-corrected chi connectivity index (χ4v) is 2.32. The van der Waals surface area contributed by atoms with E-state index in [0.29, 0.717) is 25.4 Å². The highest BCUT2D eigenvalue weighted by Gasteiger charge is 2.33. The minimum atomic E-state index is -0.596. The second kappa shape index (κ2) is 6.45. The van der Waals surface area contributed by atoms with Crippen LogP contribution in [0, 0.1) is 0 Å². The molecule has 7 nitrogen and oxygen atoms in total. The van der Waals surface area contributed by atoms with Gasteiger partial charge in [0.1, 0.15) is 17.5 Å². The highest BCUT2D eigenvalue weighted by molar-refractivity contribution is 6.00. The van der Waals surface area contributed by atoms with Gasteiger partial charge >= 0.3 is 0 Å². The van der Waals surface area contributed by atoms with Crippen molar-refractivity contribution in [2.24, 2.45) is 0 Å². The lowest BCUT2D eigenvalue weighted by Gasteiger charge is -2.35. The Kier molecular flexibility index (Phi) is 4.64. The number of ether oxygens (including phenoxy) is 1. The quantitative estimate of drug-likeness (QED) is 0.703. The number of benzene rings is 1. The summed E-state index contributed by atoms with van der Waals surface area (Å²) in [7, 11) is 3.02. The van der Waals surface area contributed by atoms with Gasteiger partial charge in [0, 0.05) is 26.7 Å². The number of aromatic hydroxyl groups is 1. The molecule has 1 heterocycles. The molecule has 114 valence electrons. The van der Waals surface area contributed by atoms with Crippen molar-refractivity contribution in [3.8, 4) is 11.5 Å². The molecule has 1 aliphatic rings. The molecule has 0 bridgehead atoms. The van der Waals surface area contributed by atoms with Crippen LogP contribution in [0.3, 0.4) is 0 Å². The molecule has 21 heavy (non-hydrogen) atoms. The molecular weight excluding hydrogens is 274 g/mol. The molecule has 0 spiro atoms. The summed E-state index contributed by atoms with van der Waals surface area (Å²) < 4.78 is 5.07. The fourth-order valence-electron chi connectivity index (χ4n) is 2.32. The zero-order chi connectivity index (χ0) is 15.4. The van der Waals surface area contributed by atoms with Crippen molar-refractivity contribution in [3.63, 3.8) is 0 Å². The molecule has 1 aromatic carbocycles. The van der Waals surface area contributed by atoms with E-state index in [-0.39, 0.29) is 23.1 Å². The van der Waals surface area contributed by atoms with Gasteiger partial charge in [0.05, 0.1) is 12.7 Å². The fraction of sp³-hybridized carbons (Fsp3) is 0.429. The Labute approximate surface area is 122 Å². The van der Waals surface area contributed by atoms with Crippen LogP contribution in [-0.2, 0) is 4.79 Å². The molecule has 0 radical (unpaired) electrons. The summed E-state index contributed by atoms with van der Waals surface area (Å²) in [6.45, 7) is 1.38. The molecule has 3 N–H and O–H groups in total. The second-order valence-electron chi connectivity index (χ2n) is 4.72. The van der Waals surface area contributed by atoms with Crippen molar-refractivity contribution >= 4 is 11.8 Å². The topological polar surface area (TPSA) is 90.9 Å². The number of hydrogen-bond acceptors (Lipinski definition) is 5. The molecular formula is C14H19N3O4. The van der Waals surface area contributed by atoms with Crippen LogP contribution in [0.15, 0.2) is 18.2 Å². The van der Waals surface area contributed by atoms with Gasteiger partial charge in [-0.1, -0.05) is 0 Å². The Morgan fingerprint density at radius 3 is 2.90 bits per heavy atom. The lowest BCUT2D eigenvalue weighted by molar-refractivity contribution is -0.125. The van der Waals surface area contributed by atoms with Gasteiger partial charge < -0.3 is 25.4 Å². The van der Waals surface area contributed by atoms with Gasteiger partial charge in [-0.05, 0) is 18.2 Å². The number of phenols is 1. The van der Waals surface area contributed by atoms with E-state index >= 15 is 0 Å². The minimum Gasteiger partial charge on any atom is -0.507 e. The van der Waals surface area contributed by atoms with Gasteiger partial charge in [-0.2, -0.15) is 0 Å². The molecule has 0 aliphatic carbocycles. The molecule has 2 rings (SSSR count). The van der Waals surface area contributed by atoms with Crippen LogP contribution in [0.25, 0.3) is 0 Å². The number of hydrogen-bond donors (Lipinski definition) is 3. The first-order valence-electron chi connectivity index (χ1n) is 6.68. The summed E-state index contributed by atoms with van der Waals surface area (Å²) in [5.41, 5.74) is 0.130. The summed E-state index contributed by atoms with van der Waals surface area (Å²) in [5, 5.41) is 15.5. The second-order valence-corrected chi connectivity index (χ2v) is 4.72. The maximum atomic E-state index is 12.6. The van der Waals surface area contributed by atoms with Crippen molar-refractivity contribution in [1.29, 1.82) is 0 Å². The van der Waals surface area contributed by atoms with E-state index in [9.17, 15) is 14.7 Å². The van der Waals surface area contributed by atoms with Crippen LogP contribution in [0.2, 0.25) is 0 Å². The highest BCUT2D eigenvalue weighted by Crippen LogP contribution is 2.25. The first kappa shape index (κ1) is 15.1. The number of carbonyl (C=O) groups is 2. The normalized spacial score (nSPS) is 18.2. The first-order valence-corrected chi connectivity index (χ1v) is 6.68. The number of amides is 2. The number of methoxy groups -OCH3 is 1. The zero-order valence-corrected chi connectivity index (χ0v) is 12.0. The van der Waals surface area contributed by atoms with Crippen molar-refractivity contribution < 1.29 is 19.4 Å². The molecule has 7 heteroatoms. The van der Waals surface area contributed by atoms with Crippen LogP contribution >= 0.6 is 0 Å². The van der Waals surface area contributed by atoms with E-state index in [1.165, 1.54) is 31.2 Å². The molecule has 1 aromatic rings. The highest BCUT2D eigenvalue weighted by atomic mass is 16.5. The summed E-state index contributed by atoms with van der Waals surface area (Å²) in [4.78, 5) is 26.0. The van der Waals surface area contributed by atoms with E-state index in [1.807, 2.05) is 0 Å². The van der Waals surface area contributed by atoms with Crippen molar-refractivity contribution in [2.75, 3.05) is 33.8 Å². The summed E-state index contributed by atoms with van der Waals surface area (Å²) in [6, 6.07) is 3.85. The summed E-state index contributed by atoms with van der Waals surface area (Å²) >= 11 is 0. The maximum Gasteiger partial charge on any atom is 0.258 e. The van der Waals surface area contributed by atoms with E-state index < -0.39 is 6.04 Å². The molecule has 1 fully saturated rings. The summed E-state index contributed by atoms with van der Waals surface area (Å²) in [5.74, 6) is -0.280. The van der Waals surface area contributed by atoms with Crippen LogP contribution in [0.1, 0.15) is 10.4 Å². The average molecular weight is 293 g/mol. The Morgan fingerprint density at radius 2 is 2.24 bits per heavy atom. The van der Waals surface area contributed by atoms with Gasteiger partial charge in [-0.3, -0.25) is 9.59 Å². The molecule has 1 atom stereocenters. The molecule has 0 aromatic heterocycles. The Morgan fingerprint density at radius 1 is 1.48 bits per heavy atom. The Balaban J connectivity index is 2.30. The number of piperazine rings is 1. The van der Waals surface area contributed by atoms with Crippen molar-refractivity contribution in [1.82, 2.24) is 15.5 Å². The van der Waals surface area contributed by atoms with Gasteiger partial charge in [0.15, 0.2) is 0 Å². The third-order valence-corrected chi connectivity index (χ3v) is 3.49. The van der Waals surface area contributed by atoms with Crippen LogP contribution in [0.4, 0.5) is 0 Å². The number of likely N-dealkylation sites (N-methyl/N-ethyl adjacent to an activating group) is 1. The molecule has 1 unspecified atom stereocenters. The Bertz CT molecular complexity index is 547. The van der Waals surface area contributed by atoms with Crippen LogP contribution < -0.4 is 15.4 Å². The lowest BCUT2D eigenvalue weighted by atomic mass is 10.1. The van der Waals surface area contributed by atoms with Gasteiger partial charge in [0.25, 0.3) is 5.91 Å². The average Bonchev–Trinajstić information content (AvgIpc) is 2.54. The zero-order valence-electron chi connectivity index (χ0n) is 12.0. The smallest absolute Gasteiger partial charge is 0.258 e. The third kappa shape index (κ3) is 3.08. The lowest BCUT2D eigenvalue weighted by Crippen LogP contribution is -2.59. The van der Waals surface area contributed by atoms with Crippen LogP contribution in [-0.4, -0.2) is 61.7 Å². The van der Waals surface area contributed by atoms with Crippen molar-refractivity contribution in [3.05, 3.63) is 23.8 Å². The molecule has 1 saturated heterocycles. The van der Waals surface area contributed by atoms with Gasteiger partial charge in [-0.15, -0.1) is 0 Å². The van der Waals surface area contributed by atoms with Crippen molar-refractivity contribution in [2.45, 2.75) is 6.04 Å². The third-order valence-electron chi connectivity index (χ3n) is 3.49. The number of rotatable bonds is 3. The number of carbonyl (C=O) groups excluding carboxylic acids is 2. The molecule has 1 aliphatic heterocycles. The van der Waals surface area contributed by atoms with E-state index in [0.717, 1.165) is 0 Å².